The quantitative estimate of drug-likeness (QED) is 0.774. The van der Waals surface area contributed by atoms with Crippen LogP contribution in [0.25, 0.3) is 0 Å². The fraction of sp³-hybridized carbons (Fsp3) is 0.500. The molecule has 0 amide bonds. The highest BCUT2D eigenvalue weighted by atomic mass is 16.5. The van der Waals surface area contributed by atoms with E-state index in [0.29, 0.717) is 13.2 Å². The third-order valence-electron chi connectivity index (χ3n) is 3.37. The summed E-state index contributed by atoms with van der Waals surface area (Å²) in [5, 5.41) is 0. The van der Waals surface area contributed by atoms with Gasteiger partial charge < -0.3 is 19.1 Å². The number of rotatable bonds is 5. The zero-order valence-corrected chi connectivity index (χ0v) is 13.0. The van der Waals surface area contributed by atoms with Crippen molar-refractivity contribution in [3.8, 4) is 0 Å². The second kappa shape index (κ2) is 7.79. The lowest BCUT2D eigenvalue weighted by Gasteiger charge is -2.29. The van der Waals surface area contributed by atoms with Gasteiger partial charge in [-0.05, 0) is 32.0 Å². The van der Waals surface area contributed by atoms with Crippen LogP contribution in [-0.2, 0) is 14.2 Å². The van der Waals surface area contributed by atoms with Crippen LogP contribution in [0.15, 0.2) is 18.2 Å². The highest BCUT2D eigenvalue weighted by Crippen LogP contribution is 2.22. The van der Waals surface area contributed by atoms with Crippen molar-refractivity contribution >= 4 is 17.6 Å². The smallest absolute Gasteiger partial charge is 0.339 e. The first-order valence-electron chi connectivity index (χ1n) is 7.48. The molecule has 6 nitrogen and oxygen atoms in total. The average Bonchev–Trinajstić information content (AvgIpc) is 2.55. The molecule has 1 fully saturated rings. The molecule has 0 radical (unpaired) electrons. The topological polar surface area (TPSA) is 65.1 Å². The Bertz CT molecular complexity index is 537. The highest BCUT2D eigenvalue weighted by Gasteiger charge is 2.21. The van der Waals surface area contributed by atoms with Crippen LogP contribution in [0.1, 0.15) is 34.6 Å². The monoisotopic (exact) mass is 307 g/mol. The van der Waals surface area contributed by atoms with Gasteiger partial charge in [-0.25, -0.2) is 9.59 Å². The summed E-state index contributed by atoms with van der Waals surface area (Å²) in [6, 6.07) is 5.13. The van der Waals surface area contributed by atoms with Crippen LogP contribution in [0.2, 0.25) is 0 Å². The Labute approximate surface area is 129 Å². The van der Waals surface area contributed by atoms with E-state index in [1.807, 2.05) is 6.07 Å². The van der Waals surface area contributed by atoms with Crippen molar-refractivity contribution < 1.29 is 23.8 Å². The Morgan fingerprint density at radius 1 is 1.05 bits per heavy atom. The van der Waals surface area contributed by atoms with Crippen molar-refractivity contribution in [3.05, 3.63) is 29.3 Å². The molecule has 1 aliphatic rings. The summed E-state index contributed by atoms with van der Waals surface area (Å²) in [6.45, 7) is 6.76. The molecule has 120 valence electrons. The van der Waals surface area contributed by atoms with Gasteiger partial charge in [0.05, 0.1) is 37.6 Å². The average molecular weight is 307 g/mol. The maximum atomic E-state index is 12.1. The molecule has 1 aromatic rings. The number of hydrogen-bond acceptors (Lipinski definition) is 6. The molecule has 0 spiro atoms. The van der Waals surface area contributed by atoms with Crippen molar-refractivity contribution in [1.82, 2.24) is 0 Å². The number of carbonyl (C=O) groups excluding carboxylic acids is 2. The second-order valence-electron chi connectivity index (χ2n) is 4.77. The molecule has 6 heteroatoms. The molecule has 22 heavy (non-hydrogen) atoms. The molecule has 0 bridgehead atoms. The molecule has 0 aliphatic carbocycles. The Morgan fingerprint density at radius 2 is 1.64 bits per heavy atom. The number of benzene rings is 1. The molecular formula is C16H21NO5. The van der Waals surface area contributed by atoms with E-state index in [0.717, 1.165) is 18.8 Å². The Kier molecular flexibility index (Phi) is 5.77. The van der Waals surface area contributed by atoms with Gasteiger partial charge in [-0.3, -0.25) is 0 Å². The van der Waals surface area contributed by atoms with Crippen LogP contribution >= 0.6 is 0 Å². The van der Waals surface area contributed by atoms with Crippen LogP contribution in [0.5, 0.6) is 0 Å². The van der Waals surface area contributed by atoms with Crippen molar-refractivity contribution in [1.29, 1.82) is 0 Å². The summed E-state index contributed by atoms with van der Waals surface area (Å²) in [5.74, 6) is -1.03. The summed E-state index contributed by atoms with van der Waals surface area (Å²) in [6.07, 6.45) is 0. The fourth-order valence-electron chi connectivity index (χ4n) is 2.32. The number of carbonyl (C=O) groups is 2. The van der Waals surface area contributed by atoms with Gasteiger partial charge in [-0.1, -0.05) is 0 Å². The largest absolute Gasteiger partial charge is 0.462 e. The fourth-order valence-corrected chi connectivity index (χ4v) is 2.32. The normalized spacial score (nSPS) is 14.5. The van der Waals surface area contributed by atoms with Crippen molar-refractivity contribution in [2.45, 2.75) is 13.8 Å². The van der Waals surface area contributed by atoms with Gasteiger partial charge in [0.1, 0.15) is 0 Å². The summed E-state index contributed by atoms with van der Waals surface area (Å²) in [4.78, 5) is 26.2. The van der Waals surface area contributed by atoms with E-state index < -0.39 is 11.9 Å². The van der Waals surface area contributed by atoms with Gasteiger partial charge in [-0.15, -0.1) is 0 Å². The highest BCUT2D eigenvalue weighted by molar-refractivity contribution is 6.04. The minimum absolute atomic E-state index is 0.234. The first kappa shape index (κ1) is 16.3. The summed E-state index contributed by atoms with van der Waals surface area (Å²) < 4.78 is 15.4. The van der Waals surface area contributed by atoms with Crippen LogP contribution < -0.4 is 4.90 Å². The van der Waals surface area contributed by atoms with E-state index in [9.17, 15) is 9.59 Å². The van der Waals surface area contributed by atoms with Gasteiger partial charge >= 0.3 is 11.9 Å². The lowest BCUT2D eigenvalue weighted by atomic mass is 10.1. The molecule has 1 aliphatic heterocycles. The molecule has 2 rings (SSSR count). The molecule has 0 atom stereocenters. The lowest BCUT2D eigenvalue weighted by molar-refractivity contribution is 0.0479. The molecule has 0 unspecified atom stereocenters. The molecule has 0 saturated carbocycles. The minimum Gasteiger partial charge on any atom is -0.462 e. The van der Waals surface area contributed by atoms with Gasteiger partial charge in [0, 0.05) is 18.8 Å². The van der Waals surface area contributed by atoms with Crippen LogP contribution in [-0.4, -0.2) is 51.5 Å². The summed E-state index contributed by atoms with van der Waals surface area (Å²) in [5.41, 5.74) is 1.35. The summed E-state index contributed by atoms with van der Waals surface area (Å²) >= 11 is 0. The van der Waals surface area contributed by atoms with Gasteiger partial charge in [0.25, 0.3) is 0 Å². The standard InChI is InChI=1S/C16H21NO5/c1-3-21-15(18)13-6-5-12(17-7-9-20-10-8-17)11-14(13)16(19)22-4-2/h5-6,11H,3-4,7-10H2,1-2H3. The summed E-state index contributed by atoms with van der Waals surface area (Å²) in [7, 11) is 0. The predicted molar refractivity (Wildman–Crippen MR) is 81.4 cm³/mol. The number of hydrogen-bond donors (Lipinski definition) is 0. The molecule has 0 N–H and O–H groups in total. The van der Waals surface area contributed by atoms with E-state index in [4.69, 9.17) is 14.2 Å². The molecule has 1 heterocycles. The molecule has 0 aromatic heterocycles. The lowest BCUT2D eigenvalue weighted by Crippen LogP contribution is -2.36. The number of nitrogens with zero attached hydrogens (tertiary/aromatic N) is 1. The first-order valence-corrected chi connectivity index (χ1v) is 7.48. The zero-order chi connectivity index (χ0) is 15.9. The third-order valence-corrected chi connectivity index (χ3v) is 3.37. The minimum atomic E-state index is -0.515. The first-order chi connectivity index (χ1) is 10.7. The molecular weight excluding hydrogens is 286 g/mol. The number of morpholine rings is 1. The third kappa shape index (κ3) is 3.76. The zero-order valence-electron chi connectivity index (χ0n) is 13.0. The van der Waals surface area contributed by atoms with E-state index >= 15 is 0 Å². The number of ether oxygens (including phenoxy) is 3. The van der Waals surface area contributed by atoms with Crippen LogP contribution in [0.3, 0.4) is 0 Å². The maximum absolute atomic E-state index is 12.1. The second-order valence-corrected chi connectivity index (χ2v) is 4.77. The number of esters is 2. The van der Waals surface area contributed by atoms with Crippen molar-refractivity contribution in [2.75, 3.05) is 44.4 Å². The Morgan fingerprint density at radius 3 is 2.23 bits per heavy atom. The van der Waals surface area contributed by atoms with Gasteiger partial charge in [0.2, 0.25) is 0 Å². The Balaban J connectivity index is 2.33. The maximum Gasteiger partial charge on any atom is 0.339 e. The van der Waals surface area contributed by atoms with Gasteiger partial charge in [0.15, 0.2) is 0 Å². The SMILES string of the molecule is CCOC(=O)c1ccc(N2CCOCC2)cc1C(=O)OCC. The van der Waals surface area contributed by atoms with Crippen LogP contribution in [0, 0.1) is 0 Å². The van der Waals surface area contributed by atoms with Crippen LogP contribution in [0.4, 0.5) is 5.69 Å². The van der Waals surface area contributed by atoms with Gasteiger partial charge in [-0.2, -0.15) is 0 Å². The van der Waals surface area contributed by atoms with E-state index in [2.05, 4.69) is 4.90 Å². The van der Waals surface area contributed by atoms with Crippen molar-refractivity contribution in [3.63, 3.8) is 0 Å². The van der Waals surface area contributed by atoms with E-state index in [1.54, 1.807) is 26.0 Å². The van der Waals surface area contributed by atoms with Crippen molar-refractivity contribution in [2.24, 2.45) is 0 Å². The predicted octanol–water partition coefficient (Wildman–Crippen LogP) is 1.88. The number of anilines is 1. The molecule has 1 saturated heterocycles. The van der Waals surface area contributed by atoms with E-state index in [-0.39, 0.29) is 24.3 Å². The molecule has 1 aromatic carbocycles. The Hall–Kier alpha value is -2.08. The van der Waals surface area contributed by atoms with E-state index in [1.165, 1.54) is 0 Å².